The maximum atomic E-state index is 15.2. The van der Waals surface area contributed by atoms with Crippen LogP contribution >= 0.6 is 0 Å². The maximum Gasteiger partial charge on any atom is 0.371 e. The molecule has 39 heavy (non-hydrogen) atoms. The van der Waals surface area contributed by atoms with E-state index in [2.05, 4.69) is 0 Å². The summed E-state index contributed by atoms with van der Waals surface area (Å²) in [6, 6.07) is 5.73. The van der Waals surface area contributed by atoms with E-state index in [0.717, 1.165) is 19.3 Å². The van der Waals surface area contributed by atoms with Gasteiger partial charge in [0, 0.05) is 24.8 Å². The summed E-state index contributed by atoms with van der Waals surface area (Å²) < 4.78 is 58.6. The smallest absolute Gasteiger partial charge is 0.371 e. The Balaban J connectivity index is 1.24. The Morgan fingerprint density at radius 1 is 0.923 bits per heavy atom. The van der Waals surface area contributed by atoms with Crippen molar-refractivity contribution in [2.45, 2.75) is 126 Å². The van der Waals surface area contributed by atoms with Crippen LogP contribution in [-0.2, 0) is 42.8 Å². The Morgan fingerprint density at radius 2 is 1.67 bits per heavy atom. The van der Waals surface area contributed by atoms with Crippen LogP contribution in [0.1, 0.15) is 77.8 Å². The van der Waals surface area contributed by atoms with Crippen LogP contribution in [-0.4, -0.2) is 71.4 Å². The quantitative estimate of drug-likeness (QED) is 0.518. The highest BCUT2D eigenvalue weighted by atomic mass is 19.1. The van der Waals surface area contributed by atoms with E-state index in [1.807, 2.05) is 27.7 Å². The topological polar surface area (TPSA) is 94.2 Å². The van der Waals surface area contributed by atoms with Gasteiger partial charge in [-0.2, -0.15) is 0 Å². The molecule has 1 aromatic carbocycles. The average molecular weight is 550 g/mol. The van der Waals surface area contributed by atoms with Crippen LogP contribution < -0.4 is 0 Å². The van der Waals surface area contributed by atoms with Crippen molar-refractivity contribution in [3.63, 3.8) is 0 Å². The van der Waals surface area contributed by atoms with E-state index in [1.165, 1.54) is 11.1 Å². The van der Waals surface area contributed by atoms with Crippen LogP contribution in [0.5, 0.6) is 0 Å². The van der Waals surface area contributed by atoms with Gasteiger partial charge in [-0.1, -0.05) is 24.6 Å². The lowest BCUT2D eigenvalue weighted by molar-refractivity contribution is -0.355. The van der Waals surface area contributed by atoms with Gasteiger partial charge < -0.3 is 28.4 Å². The van der Waals surface area contributed by atoms with Crippen molar-refractivity contribution >= 4 is 5.97 Å². The molecule has 6 fully saturated rings. The van der Waals surface area contributed by atoms with Gasteiger partial charge in [0.15, 0.2) is 17.8 Å². The first-order chi connectivity index (χ1) is 18.5. The first kappa shape index (κ1) is 26.2. The first-order valence-corrected chi connectivity index (χ1v) is 14.0. The van der Waals surface area contributed by atoms with Gasteiger partial charge in [-0.15, -0.1) is 5.06 Å². The molecule has 5 heterocycles. The third-order valence-corrected chi connectivity index (χ3v) is 8.55. The standard InChI is InChI=1S/C28H36FNO9/c1-25(2)32-15-19(34-25)20-21-22(36-26(3,4)35-21)23(33-20)30-18(16-10-6-7-11-17(16)29)14-28(39-30)24(31)37-27(38-28)12-8-5-9-13-27/h6-7,10-11,18-23H,5,8-9,12-15H2,1-4H3/t18-,19?,20+,21-,22-,23-,28-/m1/s1. The van der Waals surface area contributed by atoms with Crippen LogP contribution in [0.3, 0.4) is 0 Å². The second-order valence-electron chi connectivity index (χ2n) is 12.3. The van der Waals surface area contributed by atoms with Crippen LogP contribution in [0.2, 0.25) is 0 Å². The summed E-state index contributed by atoms with van der Waals surface area (Å²) in [5.41, 5.74) is 0.360. The fourth-order valence-corrected chi connectivity index (χ4v) is 6.91. The van der Waals surface area contributed by atoms with Gasteiger partial charge in [0.2, 0.25) is 5.79 Å². The normalized spacial score (nSPS) is 42.4. The number of carbonyl (C=O) groups is 1. The Labute approximate surface area is 226 Å². The average Bonchev–Trinajstić information content (AvgIpc) is 3.64. The summed E-state index contributed by atoms with van der Waals surface area (Å²) in [5, 5.41) is 1.52. The number of hydroxylamine groups is 2. The first-order valence-electron chi connectivity index (χ1n) is 14.0. The van der Waals surface area contributed by atoms with Gasteiger partial charge in [0.25, 0.3) is 5.79 Å². The van der Waals surface area contributed by atoms with Crippen LogP contribution in [0.15, 0.2) is 24.3 Å². The minimum atomic E-state index is -1.72. The summed E-state index contributed by atoms with van der Waals surface area (Å²) >= 11 is 0. The molecule has 6 aliphatic rings. The molecule has 1 unspecified atom stereocenters. The Morgan fingerprint density at radius 3 is 2.38 bits per heavy atom. The summed E-state index contributed by atoms with van der Waals surface area (Å²) in [4.78, 5) is 19.9. The minimum absolute atomic E-state index is 0.0384. The summed E-state index contributed by atoms with van der Waals surface area (Å²) in [7, 11) is 0. The lowest BCUT2D eigenvalue weighted by Gasteiger charge is -2.33. The molecule has 0 radical (unpaired) electrons. The molecule has 0 aromatic heterocycles. The largest absolute Gasteiger partial charge is 0.429 e. The molecule has 5 saturated heterocycles. The van der Waals surface area contributed by atoms with Crippen molar-refractivity contribution in [1.82, 2.24) is 5.06 Å². The number of halogens is 1. The Hall–Kier alpha value is -1.70. The second kappa shape index (κ2) is 8.90. The van der Waals surface area contributed by atoms with Crippen molar-refractivity contribution in [2.24, 2.45) is 0 Å². The Kier molecular flexibility index (Phi) is 5.98. The molecular weight excluding hydrogens is 513 g/mol. The number of fused-ring (bicyclic) bond motifs is 1. The molecule has 2 spiro atoms. The highest BCUT2D eigenvalue weighted by molar-refractivity contribution is 5.80. The summed E-state index contributed by atoms with van der Waals surface area (Å²) in [6.07, 6.45) is 1.14. The van der Waals surface area contributed by atoms with Crippen molar-refractivity contribution in [2.75, 3.05) is 6.61 Å². The lowest BCUT2D eigenvalue weighted by Crippen LogP contribution is -2.46. The highest BCUT2D eigenvalue weighted by Crippen LogP contribution is 2.54. The zero-order valence-electron chi connectivity index (χ0n) is 22.7. The van der Waals surface area contributed by atoms with Gasteiger partial charge in [-0.25, -0.2) is 14.0 Å². The SMILES string of the molecule is CC1(C)OCC([C@@H]2O[C@@H](N3O[C@@]4(C[C@@H]3c3ccccc3F)OC3(CCCCC3)OC4=O)[C@@H]3OC(C)(C)O[C@@H]32)O1. The molecular formula is C28H36FNO9. The zero-order valence-corrected chi connectivity index (χ0v) is 22.7. The lowest BCUT2D eigenvalue weighted by atomic mass is 9.94. The van der Waals surface area contributed by atoms with Gasteiger partial charge in [-0.05, 0) is 46.6 Å². The number of benzene rings is 1. The van der Waals surface area contributed by atoms with Gasteiger partial charge in [0.05, 0.1) is 12.6 Å². The number of ether oxygens (including phenoxy) is 7. The van der Waals surface area contributed by atoms with E-state index in [1.54, 1.807) is 18.2 Å². The molecule has 0 amide bonds. The van der Waals surface area contributed by atoms with E-state index in [4.69, 9.17) is 38.0 Å². The monoisotopic (exact) mass is 549 g/mol. The number of esters is 1. The van der Waals surface area contributed by atoms with Crippen LogP contribution in [0.25, 0.3) is 0 Å². The van der Waals surface area contributed by atoms with E-state index in [9.17, 15) is 4.79 Å². The predicted molar refractivity (Wildman–Crippen MR) is 130 cm³/mol. The van der Waals surface area contributed by atoms with Gasteiger partial charge in [-0.3, -0.25) is 4.74 Å². The number of hydrogen-bond acceptors (Lipinski definition) is 10. The van der Waals surface area contributed by atoms with Crippen LogP contribution in [0, 0.1) is 5.82 Å². The number of carbonyl (C=O) groups excluding carboxylic acids is 1. The molecule has 10 nitrogen and oxygen atoms in total. The molecule has 5 aliphatic heterocycles. The highest BCUT2D eigenvalue weighted by Gasteiger charge is 2.69. The van der Waals surface area contributed by atoms with Gasteiger partial charge in [0.1, 0.15) is 30.2 Å². The summed E-state index contributed by atoms with van der Waals surface area (Å²) in [5.74, 6) is -5.43. The third-order valence-electron chi connectivity index (χ3n) is 8.55. The van der Waals surface area contributed by atoms with Crippen molar-refractivity contribution < 1.29 is 47.2 Å². The number of hydrogen-bond donors (Lipinski definition) is 0. The van der Waals surface area contributed by atoms with Crippen molar-refractivity contribution in [3.05, 3.63) is 35.6 Å². The fraction of sp³-hybridized carbons (Fsp3) is 0.750. The molecule has 1 aliphatic carbocycles. The van der Waals surface area contributed by atoms with Gasteiger partial charge >= 0.3 is 5.97 Å². The fourth-order valence-electron chi connectivity index (χ4n) is 6.91. The van der Waals surface area contributed by atoms with E-state index < -0.39 is 71.6 Å². The number of nitrogens with zero attached hydrogens (tertiary/aromatic N) is 1. The molecule has 7 rings (SSSR count). The van der Waals surface area contributed by atoms with Crippen LogP contribution in [0.4, 0.5) is 4.39 Å². The molecule has 7 atom stereocenters. The molecule has 1 aromatic rings. The van der Waals surface area contributed by atoms with E-state index in [0.29, 0.717) is 25.0 Å². The Bertz CT molecular complexity index is 1140. The zero-order chi connectivity index (χ0) is 27.2. The molecule has 0 bridgehead atoms. The van der Waals surface area contributed by atoms with E-state index in [-0.39, 0.29) is 6.42 Å². The number of rotatable bonds is 3. The second-order valence-corrected chi connectivity index (χ2v) is 12.3. The molecule has 11 heteroatoms. The van der Waals surface area contributed by atoms with Crippen molar-refractivity contribution in [3.8, 4) is 0 Å². The molecule has 1 saturated carbocycles. The summed E-state index contributed by atoms with van der Waals surface area (Å²) in [6.45, 7) is 7.68. The van der Waals surface area contributed by atoms with E-state index >= 15 is 4.39 Å². The van der Waals surface area contributed by atoms with Crippen molar-refractivity contribution in [1.29, 1.82) is 0 Å². The minimum Gasteiger partial charge on any atom is -0.429 e. The maximum absolute atomic E-state index is 15.2. The molecule has 214 valence electrons. The molecule has 0 N–H and O–H groups in total. The third kappa shape index (κ3) is 4.33. The predicted octanol–water partition coefficient (Wildman–Crippen LogP) is 3.83.